The van der Waals surface area contributed by atoms with Crippen LogP contribution in [0.5, 0.6) is 0 Å². The Morgan fingerprint density at radius 2 is 2.17 bits per heavy atom. The van der Waals surface area contributed by atoms with Gasteiger partial charge in [-0.05, 0) is 37.0 Å². The molecular weight excluding hydrogens is 224 g/mol. The lowest BCUT2D eigenvalue weighted by molar-refractivity contribution is -0.136. The summed E-state index contributed by atoms with van der Waals surface area (Å²) in [4.78, 5) is 11.7. The lowest BCUT2D eigenvalue weighted by Gasteiger charge is -2.18. The summed E-state index contributed by atoms with van der Waals surface area (Å²) in [5.41, 5.74) is 2.36. The Morgan fingerprint density at radius 1 is 1.33 bits per heavy atom. The van der Waals surface area contributed by atoms with Crippen LogP contribution in [-0.4, -0.2) is 13.1 Å². The second-order valence-electron chi connectivity index (χ2n) is 5.87. The molecule has 0 saturated heterocycles. The summed E-state index contributed by atoms with van der Waals surface area (Å²) >= 11 is 0. The van der Waals surface area contributed by atoms with Crippen LogP contribution in [0.3, 0.4) is 0 Å². The Hall–Kier alpha value is -1.31. The summed E-state index contributed by atoms with van der Waals surface area (Å²) < 4.78 is 4.87. The first-order valence-corrected chi connectivity index (χ1v) is 6.86. The summed E-state index contributed by atoms with van der Waals surface area (Å²) in [7, 11) is 1.47. The molecule has 4 atom stereocenters. The minimum absolute atomic E-state index is 0.136. The molecule has 0 aromatic carbocycles. The van der Waals surface area contributed by atoms with Crippen LogP contribution in [-0.2, 0) is 9.53 Å². The molecule has 0 spiro atoms. The number of rotatable bonds is 3. The van der Waals surface area contributed by atoms with E-state index in [1.165, 1.54) is 19.1 Å². The molecule has 0 fully saturated rings. The van der Waals surface area contributed by atoms with Gasteiger partial charge in [-0.2, -0.15) is 0 Å². The van der Waals surface area contributed by atoms with Crippen LogP contribution >= 0.6 is 0 Å². The van der Waals surface area contributed by atoms with Gasteiger partial charge in [0.05, 0.1) is 7.11 Å². The Morgan fingerprint density at radius 3 is 2.78 bits per heavy atom. The highest BCUT2D eigenvalue weighted by Crippen LogP contribution is 2.46. The number of esters is 1. The highest BCUT2D eigenvalue weighted by atomic mass is 16.5. The van der Waals surface area contributed by atoms with Gasteiger partial charge in [-0.25, -0.2) is 4.79 Å². The number of ether oxygens (including phenoxy) is 1. The number of methoxy groups -OCH3 is 1. The maximum absolute atomic E-state index is 11.7. The molecule has 0 amide bonds. The normalized spacial score (nSPS) is 36.8. The van der Waals surface area contributed by atoms with Gasteiger partial charge in [-0.1, -0.05) is 36.8 Å². The van der Waals surface area contributed by atoms with Crippen molar-refractivity contribution in [3.63, 3.8) is 0 Å². The van der Waals surface area contributed by atoms with Crippen molar-refractivity contribution >= 4 is 5.97 Å². The molecule has 4 unspecified atom stereocenters. The Labute approximate surface area is 108 Å². The molecule has 3 aliphatic rings. The van der Waals surface area contributed by atoms with Crippen LogP contribution in [0.15, 0.2) is 35.5 Å². The number of fused-ring (bicyclic) bond motifs is 2. The number of carbonyl (C=O) groups excluding carboxylic acids is 1. The molecule has 0 saturated carbocycles. The summed E-state index contributed by atoms with van der Waals surface area (Å²) in [6, 6.07) is 0. The van der Waals surface area contributed by atoms with Gasteiger partial charge in [0.1, 0.15) is 0 Å². The zero-order valence-electron chi connectivity index (χ0n) is 11.1. The fourth-order valence-electron chi connectivity index (χ4n) is 3.65. The molecule has 0 aliphatic heterocycles. The van der Waals surface area contributed by atoms with Crippen molar-refractivity contribution in [3.05, 3.63) is 35.5 Å². The van der Waals surface area contributed by atoms with E-state index in [2.05, 4.69) is 31.2 Å². The van der Waals surface area contributed by atoms with Gasteiger partial charge in [-0.3, -0.25) is 0 Å². The second-order valence-corrected chi connectivity index (χ2v) is 5.87. The third-order valence-electron chi connectivity index (χ3n) is 4.46. The first-order valence-electron chi connectivity index (χ1n) is 6.86. The molecule has 0 heterocycles. The average molecular weight is 244 g/mol. The van der Waals surface area contributed by atoms with Gasteiger partial charge in [0.25, 0.3) is 0 Å². The van der Waals surface area contributed by atoms with E-state index in [1.54, 1.807) is 0 Å². The van der Waals surface area contributed by atoms with E-state index < -0.39 is 0 Å². The zero-order valence-corrected chi connectivity index (χ0v) is 11.1. The summed E-state index contributed by atoms with van der Waals surface area (Å²) in [5.74, 6) is 2.06. The van der Waals surface area contributed by atoms with Crippen LogP contribution in [0.4, 0.5) is 0 Å². The van der Waals surface area contributed by atoms with E-state index in [0.717, 1.165) is 18.4 Å². The average Bonchev–Trinajstić information content (AvgIpc) is 3.03. The number of allylic oxidation sites excluding steroid dienone is 5. The molecule has 0 aromatic heterocycles. The van der Waals surface area contributed by atoms with Crippen molar-refractivity contribution < 1.29 is 9.53 Å². The predicted molar refractivity (Wildman–Crippen MR) is 70.8 cm³/mol. The maximum atomic E-state index is 11.7. The minimum Gasteiger partial charge on any atom is -0.466 e. The Kier molecular flexibility index (Phi) is 2.89. The van der Waals surface area contributed by atoms with Gasteiger partial charge in [-0.15, -0.1) is 0 Å². The topological polar surface area (TPSA) is 26.3 Å². The fourth-order valence-corrected chi connectivity index (χ4v) is 3.65. The standard InChI is InChI=1S/C16H20O2/c1-10-3-4-11(5-10)6-13-7-12-8-14(13)15(9-12)16(17)18-2/h3-4,7,9-12,14H,5-6,8H2,1-2H3. The minimum atomic E-state index is -0.136. The molecule has 2 heteroatoms. The first-order chi connectivity index (χ1) is 8.67. The monoisotopic (exact) mass is 244 g/mol. The summed E-state index contributed by atoms with van der Waals surface area (Å²) in [6.07, 6.45) is 12.6. The molecule has 3 aliphatic carbocycles. The van der Waals surface area contributed by atoms with Crippen LogP contribution in [0.2, 0.25) is 0 Å². The Bertz CT molecular complexity index is 456. The van der Waals surface area contributed by atoms with Crippen LogP contribution < -0.4 is 0 Å². The molecule has 2 nitrogen and oxygen atoms in total. The van der Waals surface area contributed by atoms with Crippen molar-refractivity contribution in [2.75, 3.05) is 7.11 Å². The fraction of sp³-hybridized carbons (Fsp3) is 0.562. The summed E-state index contributed by atoms with van der Waals surface area (Å²) in [5, 5.41) is 0. The van der Waals surface area contributed by atoms with Crippen LogP contribution in [0.25, 0.3) is 0 Å². The van der Waals surface area contributed by atoms with Gasteiger partial charge in [0.15, 0.2) is 0 Å². The molecular formula is C16H20O2. The number of hydrogen-bond acceptors (Lipinski definition) is 2. The lowest BCUT2D eigenvalue weighted by Crippen LogP contribution is -2.14. The highest BCUT2D eigenvalue weighted by molar-refractivity contribution is 5.91. The molecule has 0 radical (unpaired) electrons. The van der Waals surface area contributed by atoms with Gasteiger partial charge in [0.2, 0.25) is 0 Å². The van der Waals surface area contributed by atoms with Crippen molar-refractivity contribution in [2.45, 2.75) is 26.2 Å². The quantitative estimate of drug-likeness (QED) is 0.562. The van der Waals surface area contributed by atoms with Gasteiger partial charge < -0.3 is 4.74 Å². The Balaban J connectivity index is 1.68. The maximum Gasteiger partial charge on any atom is 0.334 e. The SMILES string of the molecule is COC(=O)C1=CC2C=C(CC3C=CC(C)C3)C1C2. The van der Waals surface area contributed by atoms with Crippen molar-refractivity contribution in [2.24, 2.45) is 23.7 Å². The number of carbonyl (C=O) groups is 1. The predicted octanol–water partition coefficient (Wildman–Crippen LogP) is 3.26. The highest BCUT2D eigenvalue weighted by Gasteiger charge is 2.38. The largest absolute Gasteiger partial charge is 0.466 e. The van der Waals surface area contributed by atoms with Crippen molar-refractivity contribution in [1.29, 1.82) is 0 Å². The second kappa shape index (κ2) is 4.42. The zero-order chi connectivity index (χ0) is 12.7. The van der Waals surface area contributed by atoms with Crippen LogP contribution in [0, 0.1) is 23.7 Å². The third kappa shape index (κ3) is 1.94. The summed E-state index contributed by atoms with van der Waals surface area (Å²) in [6.45, 7) is 2.27. The molecule has 2 bridgehead atoms. The van der Waals surface area contributed by atoms with Crippen molar-refractivity contribution in [1.82, 2.24) is 0 Å². The number of hydrogen-bond donors (Lipinski definition) is 0. The van der Waals surface area contributed by atoms with E-state index in [9.17, 15) is 4.79 Å². The third-order valence-corrected chi connectivity index (χ3v) is 4.46. The smallest absolute Gasteiger partial charge is 0.334 e. The van der Waals surface area contributed by atoms with E-state index in [-0.39, 0.29) is 5.97 Å². The first kappa shape index (κ1) is 11.8. The molecule has 18 heavy (non-hydrogen) atoms. The van der Waals surface area contributed by atoms with E-state index in [4.69, 9.17) is 4.74 Å². The van der Waals surface area contributed by atoms with E-state index in [1.807, 2.05) is 0 Å². The molecule has 3 rings (SSSR count). The molecule has 96 valence electrons. The molecule has 0 aromatic rings. The lowest BCUT2D eigenvalue weighted by atomic mass is 9.87. The van der Waals surface area contributed by atoms with E-state index in [0.29, 0.717) is 23.7 Å². The van der Waals surface area contributed by atoms with E-state index >= 15 is 0 Å². The van der Waals surface area contributed by atoms with Crippen LogP contribution in [0.1, 0.15) is 26.2 Å². The van der Waals surface area contributed by atoms with Crippen molar-refractivity contribution in [3.8, 4) is 0 Å². The van der Waals surface area contributed by atoms with Gasteiger partial charge >= 0.3 is 5.97 Å². The van der Waals surface area contributed by atoms with Gasteiger partial charge in [0, 0.05) is 11.5 Å². The molecule has 0 N–H and O–H groups in total.